The molecule has 1 heterocycles. The van der Waals surface area contributed by atoms with Crippen LogP contribution in [0.2, 0.25) is 0 Å². The predicted octanol–water partition coefficient (Wildman–Crippen LogP) is 1.14. The molecule has 1 heteroatoms. The summed E-state index contributed by atoms with van der Waals surface area (Å²) in [5.74, 6) is 0. The zero-order valence-electron chi connectivity index (χ0n) is 4.89. The molecule has 0 bridgehead atoms. The molecule has 0 aromatic rings. The molecule has 0 saturated carbocycles. The van der Waals surface area contributed by atoms with E-state index in [9.17, 15) is 0 Å². The number of hydrogen-bond acceptors (Lipinski definition) is 0. The summed E-state index contributed by atoms with van der Waals surface area (Å²) in [4.78, 5) is 2.29. The molecule has 0 unspecified atom stereocenters. The van der Waals surface area contributed by atoms with E-state index in [0.29, 0.717) is 0 Å². The van der Waals surface area contributed by atoms with Crippen LogP contribution in [-0.4, -0.2) is 15.0 Å². The van der Waals surface area contributed by atoms with Crippen molar-refractivity contribution in [3.63, 3.8) is 0 Å². The first kappa shape index (κ1) is 5.87. The predicted molar refractivity (Wildman–Crippen MR) is 40.6 cm³/mol. The number of hydrogen-bond donors (Lipinski definition) is 0. The van der Waals surface area contributed by atoms with Gasteiger partial charge in [-0.05, 0) is 0 Å². The van der Waals surface area contributed by atoms with Crippen LogP contribution in [0.1, 0.15) is 6.92 Å². The Kier molecular flexibility index (Phi) is 2.13. The van der Waals surface area contributed by atoms with Gasteiger partial charge in [0, 0.05) is 0 Å². The summed E-state index contributed by atoms with van der Waals surface area (Å²) in [6, 6.07) is 0. The van der Waals surface area contributed by atoms with Crippen molar-refractivity contribution in [1.29, 1.82) is 0 Å². The molecule has 1 aliphatic rings. The van der Waals surface area contributed by atoms with Gasteiger partial charge >= 0.3 is 55.6 Å². The summed E-state index contributed by atoms with van der Waals surface area (Å²) < 4.78 is 1.53. The summed E-state index contributed by atoms with van der Waals surface area (Å²) in [5, 5.41) is 0. The molecular formula is C7H10Se. The Morgan fingerprint density at radius 2 is 2.50 bits per heavy atom. The van der Waals surface area contributed by atoms with Crippen molar-refractivity contribution in [1.82, 2.24) is 0 Å². The van der Waals surface area contributed by atoms with E-state index in [1.165, 1.54) is 4.47 Å². The van der Waals surface area contributed by atoms with Crippen LogP contribution in [0.3, 0.4) is 0 Å². The van der Waals surface area contributed by atoms with Gasteiger partial charge in [-0.3, -0.25) is 0 Å². The third-order valence-corrected chi connectivity index (χ3v) is 3.12. The SMILES string of the molecule is CC=CC1=CC=C[SeH2]1. The van der Waals surface area contributed by atoms with Crippen LogP contribution in [0.5, 0.6) is 0 Å². The van der Waals surface area contributed by atoms with Crippen molar-refractivity contribution < 1.29 is 0 Å². The molecule has 0 aliphatic carbocycles. The van der Waals surface area contributed by atoms with E-state index >= 15 is 0 Å². The molecule has 0 spiro atoms. The van der Waals surface area contributed by atoms with Crippen LogP contribution in [0.15, 0.2) is 33.8 Å². The summed E-state index contributed by atoms with van der Waals surface area (Å²) in [6.07, 6.45) is 8.64. The van der Waals surface area contributed by atoms with Crippen LogP contribution in [0.4, 0.5) is 0 Å². The van der Waals surface area contributed by atoms with Crippen LogP contribution >= 0.6 is 0 Å². The van der Waals surface area contributed by atoms with Crippen LogP contribution in [-0.2, 0) is 0 Å². The standard InChI is InChI=1S/C7H10Se/c1-2-4-7-5-3-6-8-7/h2-6H,8H2,1H3. The molecule has 0 nitrogen and oxygen atoms in total. The molecule has 0 N–H and O–H groups in total. The van der Waals surface area contributed by atoms with Crippen molar-refractivity contribution in [3.05, 3.63) is 33.8 Å². The second-order valence-electron chi connectivity index (χ2n) is 1.63. The van der Waals surface area contributed by atoms with E-state index in [-0.39, 0.29) is 15.0 Å². The Balaban J connectivity index is 2.51. The van der Waals surface area contributed by atoms with E-state index < -0.39 is 0 Å². The van der Waals surface area contributed by atoms with E-state index in [2.05, 4.69) is 36.2 Å². The summed E-state index contributed by atoms with van der Waals surface area (Å²) in [7, 11) is 0. The van der Waals surface area contributed by atoms with Crippen molar-refractivity contribution >= 4 is 15.0 Å². The average molecular weight is 173 g/mol. The van der Waals surface area contributed by atoms with E-state index in [1.807, 2.05) is 0 Å². The first-order valence-corrected chi connectivity index (χ1v) is 4.95. The second-order valence-corrected chi connectivity index (χ2v) is 4.14. The van der Waals surface area contributed by atoms with Gasteiger partial charge in [-0.1, -0.05) is 0 Å². The molecule has 1 aliphatic heterocycles. The van der Waals surface area contributed by atoms with Gasteiger partial charge in [-0.15, -0.1) is 0 Å². The van der Waals surface area contributed by atoms with Gasteiger partial charge in [0.25, 0.3) is 0 Å². The summed E-state index contributed by atoms with van der Waals surface area (Å²) >= 11 is 0.147. The Labute approximate surface area is 56.1 Å². The fraction of sp³-hybridized carbons (Fsp3) is 0.143. The zero-order chi connectivity index (χ0) is 5.82. The fourth-order valence-corrected chi connectivity index (χ4v) is 2.39. The van der Waals surface area contributed by atoms with Crippen LogP contribution in [0, 0.1) is 0 Å². The second kappa shape index (κ2) is 2.91. The maximum atomic E-state index is 2.29. The van der Waals surface area contributed by atoms with Gasteiger partial charge in [-0.25, -0.2) is 0 Å². The third-order valence-electron chi connectivity index (χ3n) is 0.968. The number of allylic oxidation sites excluding steroid dienone is 5. The molecule has 1 rings (SSSR count). The first-order chi connectivity index (χ1) is 3.93. The van der Waals surface area contributed by atoms with Crippen LogP contribution < -0.4 is 0 Å². The Morgan fingerprint density at radius 3 is 3.00 bits per heavy atom. The van der Waals surface area contributed by atoms with Gasteiger partial charge in [0.1, 0.15) is 0 Å². The van der Waals surface area contributed by atoms with E-state index in [4.69, 9.17) is 0 Å². The normalized spacial score (nSPS) is 22.9. The quantitative estimate of drug-likeness (QED) is 0.521. The van der Waals surface area contributed by atoms with E-state index in [0.717, 1.165) is 0 Å². The molecule has 0 amide bonds. The molecule has 0 fully saturated rings. The third kappa shape index (κ3) is 1.36. The molecule has 0 aromatic heterocycles. The van der Waals surface area contributed by atoms with Crippen LogP contribution in [0.25, 0.3) is 0 Å². The Bertz CT molecular complexity index is 152. The first-order valence-electron chi connectivity index (χ1n) is 2.69. The molecule has 0 radical (unpaired) electrons. The topological polar surface area (TPSA) is 0 Å². The van der Waals surface area contributed by atoms with Gasteiger partial charge in [0.05, 0.1) is 0 Å². The zero-order valence-corrected chi connectivity index (χ0v) is 6.98. The molecule has 0 saturated heterocycles. The monoisotopic (exact) mass is 174 g/mol. The molecular weight excluding hydrogens is 163 g/mol. The minimum absolute atomic E-state index is 0.147. The molecule has 8 heavy (non-hydrogen) atoms. The Hall–Kier alpha value is -0.261. The molecule has 44 valence electrons. The summed E-state index contributed by atoms with van der Waals surface area (Å²) in [6.45, 7) is 2.06. The van der Waals surface area contributed by atoms with Gasteiger partial charge in [0.15, 0.2) is 0 Å². The Morgan fingerprint density at radius 1 is 1.62 bits per heavy atom. The molecule has 0 atom stereocenters. The van der Waals surface area contributed by atoms with E-state index in [1.54, 1.807) is 0 Å². The van der Waals surface area contributed by atoms with Gasteiger partial charge in [0.2, 0.25) is 0 Å². The van der Waals surface area contributed by atoms with Crippen molar-refractivity contribution in [3.8, 4) is 0 Å². The maximum absolute atomic E-state index is 2.29. The van der Waals surface area contributed by atoms with Crippen molar-refractivity contribution in [2.75, 3.05) is 0 Å². The van der Waals surface area contributed by atoms with Gasteiger partial charge in [-0.2, -0.15) is 0 Å². The summed E-state index contributed by atoms with van der Waals surface area (Å²) in [5.41, 5.74) is 0. The van der Waals surface area contributed by atoms with Gasteiger partial charge < -0.3 is 0 Å². The fourth-order valence-electron chi connectivity index (χ4n) is 0.627. The number of rotatable bonds is 1. The van der Waals surface area contributed by atoms with Crippen molar-refractivity contribution in [2.24, 2.45) is 0 Å². The average Bonchev–Trinajstić information content (AvgIpc) is 2.19. The van der Waals surface area contributed by atoms with Crippen molar-refractivity contribution in [2.45, 2.75) is 6.92 Å². The molecule has 0 aromatic carbocycles. The minimum atomic E-state index is 0.147.